The number of amides is 2. The largest absolute Gasteiger partial charge is 0.352 e. The van der Waals surface area contributed by atoms with E-state index < -0.39 is 28.5 Å². The lowest BCUT2D eigenvalue weighted by Gasteiger charge is -2.32. The van der Waals surface area contributed by atoms with E-state index in [2.05, 4.69) is 21.2 Å². The first-order chi connectivity index (χ1) is 17.0. The van der Waals surface area contributed by atoms with Gasteiger partial charge in [-0.3, -0.25) is 13.9 Å². The minimum Gasteiger partial charge on any atom is -0.352 e. The number of anilines is 1. The highest BCUT2D eigenvalue weighted by atomic mass is 79.9. The zero-order valence-electron chi connectivity index (χ0n) is 20.9. The Morgan fingerprint density at radius 1 is 0.972 bits per heavy atom. The lowest BCUT2D eigenvalue weighted by molar-refractivity contribution is -0.139. The van der Waals surface area contributed by atoms with E-state index in [9.17, 15) is 18.0 Å². The Kier molecular flexibility index (Phi) is 9.13. The van der Waals surface area contributed by atoms with Gasteiger partial charge in [0, 0.05) is 22.4 Å². The van der Waals surface area contributed by atoms with Gasteiger partial charge in [0.1, 0.15) is 12.6 Å². The van der Waals surface area contributed by atoms with Crippen molar-refractivity contribution < 1.29 is 18.0 Å². The molecule has 0 spiro atoms. The lowest BCUT2D eigenvalue weighted by Crippen LogP contribution is -2.52. The van der Waals surface area contributed by atoms with Crippen LogP contribution in [-0.2, 0) is 26.2 Å². The van der Waals surface area contributed by atoms with Gasteiger partial charge in [0.2, 0.25) is 21.8 Å². The number of carbonyl (C=O) groups is 2. The van der Waals surface area contributed by atoms with E-state index in [1.165, 1.54) is 4.90 Å². The number of carbonyl (C=O) groups excluding carboxylic acids is 2. The van der Waals surface area contributed by atoms with Crippen molar-refractivity contribution in [3.8, 4) is 0 Å². The number of halogens is 1. The molecule has 3 aromatic carbocycles. The van der Waals surface area contributed by atoms with Crippen molar-refractivity contribution in [2.75, 3.05) is 17.1 Å². The first-order valence-corrected chi connectivity index (χ1v) is 14.4. The predicted molar refractivity (Wildman–Crippen MR) is 148 cm³/mol. The van der Waals surface area contributed by atoms with Gasteiger partial charge in [0.05, 0.1) is 11.9 Å². The summed E-state index contributed by atoms with van der Waals surface area (Å²) < 4.78 is 27.8. The molecule has 1 N–H and O–H groups in total. The van der Waals surface area contributed by atoms with E-state index in [-0.39, 0.29) is 18.5 Å². The Morgan fingerprint density at radius 3 is 2.25 bits per heavy atom. The predicted octanol–water partition coefficient (Wildman–Crippen LogP) is 4.70. The van der Waals surface area contributed by atoms with Crippen molar-refractivity contribution >= 4 is 54.2 Å². The van der Waals surface area contributed by atoms with Crippen molar-refractivity contribution in [3.05, 3.63) is 76.8 Å². The van der Waals surface area contributed by atoms with Crippen LogP contribution in [-0.4, -0.2) is 50.0 Å². The molecule has 0 aliphatic carbocycles. The number of hydrogen-bond acceptors (Lipinski definition) is 4. The fourth-order valence-corrected chi connectivity index (χ4v) is 4.98. The topological polar surface area (TPSA) is 86.8 Å². The van der Waals surface area contributed by atoms with Crippen molar-refractivity contribution in [1.82, 2.24) is 10.2 Å². The Hall–Kier alpha value is -2.91. The van der Waals surface area contributed by atoms with E-state index >= 15 is 0 Å². The maximum absolute atomic E-state index is 13.7. The van der Waals surface area contributed by atoms with Crippen LogP contribution in [0.2, 0.25) is 0 Å². The molecular formula is C27H32BrN3O4S. The average molecular weight is 575 g/mol. The number of nitrogens with one attached hydrogen (secondary N) is 1. The summed E-state index contributed by atoms with van der Waals surface area (Å²) in [5, 5.41) is 4.51. The van der Waals surface area contributed by atoms with E-state index in [4.69, 9.17) is 0 Å². The summed E-state index contributed by atoms with van der Waals surface area (Å²) in [5.41, 5.74) is 1.25. The third-order valence-electron chi connectivity index (χ3n) is 6.15. The Balaban J connectivity index is 1.98. The van der Waals surface area contributed by atoms with Crippen LogP contribution in [0.15, 0.2) is 71.2 Å². The second-order valence-corrected chi connectivity index (χ2v) is 11.7. The highest BCUT2D eigenvalue weighted by molar-refractivity contribution is 9.10. The molecule has 36 heavy (non-hydrogen) atoms. The number of hydrogen-bond donors (Lipinski definition) is 1. The summed E-state index contributed by atoms with van der Waals surface area (Å²) in [6.07, 6.45) is 1.84. The van der Waals surface area contributed by atoms with Crippen LogP contribution in [0.5, 0.6) is 0 Å². The van der Waals surface area contributed by atoms with Gasteiger partial charge in [0.25, 0.3) is 0 Å². The molecule has 2 amide bonds. The first-order valence-electron chi connectivity index (χ1n) is 11.8. The van der Waals surface area contributed by atoms with Crippen LogP contribution in [0.3, 0.4) is 0 Å². The van der Waals surface area contributed by atoms with E-state index in [1.54, 1.807) is 19.1 Å². The summed E-state index contributed by atoms with van der Waals surface area (Å²) in [6, 6.07) is 19.4. The van der Waals surface area contributed by atoms with Crippen molar-refractivity contribution in [3.63, 3.8) is 0 Å². The second-order valence-electron chi connectivity index (χ2n) is 8.91. The monoisotopic (exact) mass is 573 g/mol. The maximum atomic E-state index is 13.7. The van der Waals surface area contributed by atoms with Gasteiger partial charge in [-0.2, -0.15) is 0 Å². The van der Waals surface area contributed by atoms with Gasteiger partial charge in [-0.25, -0.2) is 8.42 Å². The molecule has 0 saturated carbocycles. The van der Waals surface area contributed by atoms with Crippen molar-refractivity contribution in [2.45, 2.75) is 45.8 Å². The van der Waals surface area contributed by atoms with Gasteiger partial charge >= 0.3 is 0 Å². The first kappa shape index (κ1) is 27.7. The molecule has 0 heterocycles. The Labute approximate surface area is 221 Å². The molecule has 7 nitrogen and oxygen atoms in total. The number of nitrogens with zero attached hydrogens (tertiary/aromatic N) is 2. The van der Waals surface area contributed by atoms with Crippen LogP contribution in [0.1, 0.15) is 32.8 Å². The molecule has 0 fully saturated rings. The Bertz CT molecular complexity index is 1320. The quantitative estimate of drug-likeness (QED) is 0.381. The second kappa shape index (κ2) is 11.9. The molecule has 0 aliphatic rings. The minimum atomic E-state index is -3.81. The highest BCUT2D eigenvalue weighted by Crippen LogP contribution is 2.28. The molecule has 0 unspecified atom stereocenters. The molecule has 0 saturated heterocycles. The van der Waals surface area contributed by atoms with Crippen LogP contribution < -0.4 is 9.62 Å². The smallest absolute Gasteiger partial charge is 0.244 e. The third-order valence-corrected chi connectivity index (χ3v) is 7.80. The van der Waals surface area contributed by atoms with Gasteiger partial charge < -0.3 is 10.2 Å². The highest BCUT2D eigenvalue weighted by Gasteiger charge is 2.31. The molecule has 3 aromatic rings. The van der Waals surface area contributed by atoms with Gasteiger partial charge in [-0.15, -0.1) is 0 Å². The lowest BCUT2D eigenvalue weighted by atomic mass is 10.1. The van der Waals surface area contributed by atoms with Gasteiger partial charge in [-0.05, 0) is 49.4 Å². The summed E-state index contributed by atoms with van der Waals surface area (Å²) in [7, 11) is -3.81. The number of rotatable bonds is 10. The fraction of sp³-hybridized carbons (Fsp3) is 0.333. The number of fused-ring (bicyclic) bond motifs is 1. The van der Waals surface area contributed by atoms with Crippen LogP contribution in [0, 0.1) is 0 Å². The summed E-state index contributed by atoms with van der Waals surface area (Å²) in [6.45, 7) is 5.27. The molecule has 0 radical (unpaired) electrons. The summed E-state index contributed by atoms with van der Waals surface area (Å²) in [4.78, 5) is 28.1. The zero-order valence-corrected chi connectivity index (χ0v) is 23.3. The summed E-state index contributed by atoms with van der Waals surface area (Å²) in [5.74, 6) is -0.756. The zero-order chi connectivity index (χ0) is 26.5. The molecule has 0 bridgehead atoms. The normalized spacial score (nSPS) is 13.1. The van der Waals surface area contributed by atoms with Crippen LogP contribution in [0.25, 0.3) is 10.8 Å². The summed E-state index contributed by atoms with van der Waals surface area (Å²) >= 11 is 3.41. The molecule has 0 aliphatic heterocycles. The van der Waals surface area contributed by atoms with E-state index in [0.717, 1.165) is 37.8 Å². The van der Waals surface area contributed by atoms with Crippen LogP contribution >= 0.6 is 15.9 Å². The van der Waals surface area contributed by atoms with Crippen molar-refractivity contribution in [1.29, 1.82) is 0 Å². The maximum Gasteiger partial charge on any atom is 0.244 e. The molecule has 0 aromatic heterocycles. The number of sulfonamides is 1. The molecule has 9 heteroatoms. The van der Waals surface area contributed by atoms with Crippen LogP contribution in [0.4, 0.5) is 5.69 Å². The van der Waals surface area contributed by atoms with E-state index in [1.807, 2.05) is 68.4 Å². The SMILES string of the molecule is CC[C@H](C)NC(=O)[C@@H](C)N(Cc1ccc(Br)cc1)C(=O)CN(c1cccc2ccccc12)S(C)(=O)=O. The van der Waals surface area contributed by atoms with Gasteiger partial charge in [0.15, 0.2) is 0 Å². The van der Waals surface area contributed by atoms with E-state index in [0.29, 0.717) is 5.69 Å². The van der Waals surface area contributed by atoms with Crippen molar-refractivity contribution in [2.24, 2.45) is 0 Å². The molecule has 3 rings (SSSR count). The molecular weight excluding hydrogens is 542 g/mol. The number of benzene rings is 3. The molecule has 2 atom stereocenters. The standard InChI is InChI=1S/C27H32BrN3O4S/c1-5-19(2)29-27(33)20(3)30(17-21-13-15-23(28)16-14-21)26(32)18-31(36(4,34)35)25-12-8-10-22-9-6-7-11-24(22)25/h6-16,19-20H,5,17-18H2,1-4H3,(H,29,33)/t19-,20+/m0/s1. The molecule has 192 valence electrons. The fourth-order valence-electron chi connectivity index (χ4n) is 3.86. The Morgan fingerprint density at radius 2 is 1.61 bits per heavy atom. The average Bonchev–Trinajstić information content (AvgIpc) is 2.85. The third kappa shape index (κ3) is 6.85. The van der Waals surface area contributed by atoms with Gasteiger partial charge in [-0.1, -0.05) is 71.4 Å². The minimum absolute atomic E-state index is 0.0483.